The molecule has 1 aromatic carbocycles. The zero-order valence-corrected chi connectivity index (χ0v) is 21.3. The highest BCUT2D eigenvalue weighted by Gasteiger charge is 2.50. The molecule has 11 nitrogen and oxygen atoms in total. The third-order valence-electron chi connectivity index (χ3n) is 5.23. The number of halogens is 1. The average molecular weight is 567 g/mol. The number of aliphatic hydroxyl groups is 2. The Morgan fingerprint density at radius 2 is 1.79 bits per heavy atom. The molecule has 0 aromatic heterocycles. The largest absolute Gasteiger partial charge is 0.465 e. The van der Waals surface area contributed by atoms with Crippen LogP contribution in [0.2, 0.25) is 0 Å². The summed E-state index contributed by atoms with van der Waals surface area (Å²) < 4.78 is 39.4. The van der Waals surface area contributed by atoms with Gasteiger partial charge in [-0.1, -0.05) is 41.9 Å². The van der Waals surface area contributed by atoms with Crippen LogP contribution in [-0.4, -0.2) is 73.6 Å². The minimum absolute atomic E-state index is 0.0187. The second-order valence-corrected chi connectivity index (χ2v) is 10.7. The van der Waals surface area contributed by atoms with Crippen LogP contribution in [0.15, 0.2) is 28.7 Å². The van der Waals surface area contributed by atoms with Crippen LogP contribution in [-0.2, 0) is 40.0 Å². The summed E-state index contributed by atoms with van der Waals surface area (Å²) in [6.45, 7) is 3.50. The Morgan fingerprint density at radius 3 is 2.35 bits per heavy atom. The maximum atomic E-state index is 12.8. The molecule has 2 rings (SSSR count). The molecule has 6 atom stereocenters. The summed E-state index contributed by atoms with van der Waals surface area (Å²) in [7, 11) is -4.61. The number of carbonyl (C=O) groups is 2. The molecule has 1 aromatic rings. The topological polar surface area (TPSA) is 188 Å². The number of aliphatic hydroxyl groups excluding tert-OH is 2. The van der Waals surface area contributed by atoms with Crippen LogP contribution in [0, 0.1) is 5.92 Å². The molecule has 0 spiro atoms. The molecule has 0 bridgehead atoms. The van der Waals surface area contributed by atoms with E-state index in [4.69, 9.17) is 24.5 Å². The lowest BCUT2D eigenvalue weighted by atomic mass is 9.93. The number of nitrogens with two attached hydrogens (primary N) is 2. The van der Waals surface area contributed by atoms with Gasteiger partial charge in [-0.05, 0) is 30.0 Å². The maximum Gasteiger partial charge on any atom is 0.334 e. The second kappa shape index (κ2) is 12.5. The van der Waals surface area contributed by atoms with E-state index in [0.29, 0.717) is 0 Å². The predicted octanol–water partition coefficient (Wildman–Crippen LogP) is -0.0547. The number of ketones is 1. The van der Waals surface area contributed by atoms with Crippen molar-refractivity contribution in [3.05, 3.63) is 34.3 Å². The van der Waals surface area contributed by atoms with Gasteiger partial charge in [0.2, 0.25) is 0 Å². The molecule has 13 heteroatoms. The van der Waals surface area contributed by atoms with E-state index < -0.39 is 58.6 Å². The van der Waals surface area contributed by atoms with Crippen LogP contribution in [0.25, 0.3) is 0 Å². The molecule has 0 amide bonds. The van der Waals surface area contributed by atoms with Gasteiger partial charge in [-0.3, -0.25) is 9.59 Å². The molecular formula is C21H31BrN2O9S. The van der Waals surface area contributed by atoms with Gasteiger partial charge in [-0.25, -0.2) is 9.32 Å². The first-order valence-corrected chi connectivity index (χ1v) is 13.0. The monoisotopic (exact) mass is 566 g/mol. The van der Waals surface area contributed by atoms with E-state index in [9.17, 15) is 28.2 Å². The van der Waals surface area contributed by atoms with Crippen molar-refractivity contribution in [2.45, 2.75) is 69.7 Å². The molecule has 0 radical (unpaired) electrons. The normalized spacial score (nSPS) is 24.7. The number of benzene rings is 1. The Morgan fingerprint density at radius 1 is 1.18 bits per heavy atom. The minimum Gasteiger partial charge on any atom is -0.465 e. The zero-order chi connectivity index (χ0) is 25.6. The third kappa shape index (κ3) is 8.64. The van der Waals surface area contributed by atoms with Gasteiger partial charge < -0.3 is 25.4 Å². The number of carbonyl (C=O) groups excluding carboxylic acids is 2. The summed E-state index contributed by atoms with van der Waals surface area (Å²) in [5, 5.41) is 25.7. The van der Waals surface area contributed by atoms with Gasteiger partial charge in [-0.15, -0.1) is 0 Å². The highest BCUT2D eigenvalue weighted by atomic mass is 79.9. The van der Waals surface area contributed by atoms with Crippen molar-refractivity contribution in [3.63, 3.8) is 0 Å². The SMILES string of the molecule is CC(C)CC(N)C(=O)C(OS(N)(=O)=O)C1OC(CCOC(=O)Cc2ccc(Br)cc2)C(O)C1O. The quantitative estimate of drug-likeness (QED) is 0.249. The highest BCUT2D eigenvalue weighted by molar-refractivity contribution is 9.10. The lowest BCUT2D eigenvalue weighted by Gasteiger charge is -2.26. The molecule has 0 aliphatic carbocycles. The first kappa shape index (κ1) is 28.8. The van der Waals surface area contributed by atoms with Crippen molar-refractivity contribution < 1.29 is 41.9 Å². The van der Waals surface area contributed by atoms with E-state index in [1.165, 1.54) is 0 Å². The lowest BCUT2D eigenvalue weighted by Crippen LogP contribution is -2.51. The number of esters is 1. The molecule has 1 saturated heterocycles. The van der Waals surface area contributed by atoms with Crippen LogP contribution < -0.4 is 10.9 Å². The molecule has 1 aliphatic heterocycles. The van der Waals surface area contributed by atoms with Crippen molar-refractivity contribution in [3.8, 4) is 0 Å². The smallest absolute Gasteiger partial charge is 0.334 e. The summed E-state index contributed by atoms with van der Waals surface area (Å²) in [6, 6.07) is 6.02. The molecular weight excluding hydrogens is 536 g/mol. The van der Waals surface area contributed by atoms with Gasteiger partial charge in [0.25, 0.3) is 0 Å². The number of ether oxygens (including phenoxy) is 2. The predicted molar refractivity (Wildman–Crippen MR) is 125 cm³/mol. The van der Waals surface area contributed by atoms with Crippen molar-refractivity contribution in [2.75, 3.05) is 6.61 Å². The minimum atomic E-state index is -4.61. The molecule has 0 saturated carbocycles. The molecule has 1 aliphatic rings. The summed E-state index contributed by atoms with van der Waals surface area (Å²) >= 11 is 3.31. The fourth-order valence-corrected chi connectivity index (χ4v) is 4.38. The van der Waals surface area contributed by atoms with Gasteiger partial charge in [0.15, 0.2) is 11.9 Å². The van der Waals surface area contributed by atoms with Crippen molar-refractivity contribution in [1.29, 1.82) is 0 Å². The highest BCUT2D eigenvalue weighted by Crippen LogP contribution is 2.29. The standard InChI is InChI=1S/C21H31BrN2O9S/c1-11(2)9-14(23)17(26)21(33-34(24,29)30)20-19(28)18(27)15(32-20)7-8-31-16(25)10-12-3-5-13(22)6-4-12/h3-6,11,14-15,18-21,27-28H,7-10,23H2,1-2H3,(H2,24,29,30). The Balaban J connectivity index is 2.00. The van der Waals surface area contributed by atoms with Crippen LogP contribution in [0.1, 0.15) is 32.3 Å². The Labute approximate surface area is 207 Å². The molecule has 34 heavy (non-hydrogen) atoms. The zero-order valence-electron chi connectivity index (χ0n) is 18.9. The van der Waals surface area contributed by atoms with Crippen molar-refractivity contribution in [2.24, 2.45) is 16.8 Å². The molecule has 6 unspecified atom stereocenters. The first-order valence-electron chi connectivity index (χ1n) is 10.7. The molecule has 1 fully saturated rings. The average Bonchev–Trinajstić information content (AvgIpc) is 3.00. The summed E-state index contributed by atoms with van der Waals surface area (Å²) in [5.74, 6) is -1.31. The van der Waals surface area contributed by atoms with Crippen LogP contribution in [0.5, 0.6) is 0 Å². The summed E-state index contributed by atoms with van der Waals surface area (Å²) in [4.78, 5) is 24.8. The first-order chi connectivity index (χ1) is 15.8. The van der Waals surface area contributed by atoms with E-state index in [1.54, 1.807) is 24.3 Å². The van der Waals surface area contributed by atoms with Gasteiger partial charge in [0.1, 0.15) is 18.3 Å². The Kier molecular flexibility index (Phi) is 10.6. The van der Waals surface area contributed by atoms with Crippen molar-refractivity contribution in [1.82, 2.24) is 0 Å². The molecule has 1 heterocycles. The van der Waals surface area contributed by atoms with Crippen LogP contribution >= 0.6 is 15.9 Å². The van der Waals surface area contributed by atoms with Gasteiger partial charge in [-0.2, -0.15) is 8.42 Å². The van der Waals surface area contributed by atoms with E-state index in [1.807, 2.05) is 13.8 Å². The van der Waals surface area contributed by atoms with Crippen LogP contribution in [0.4, 0.5) is 0 Å². The third-order valence-corrected chi connectivity index (χ3v) is 6.24. The second-order valence-electron chi connectivity index (χ2n) is 8.58. The van der Waals surface area contributed by atoms with E-state index in [-0.39, 0.29) is 31.8 Å². The van der Waals surface area contributed by atoms with E-state index in [2.05, 4.69) is 15.9 Å². The summed E-state index contributed by atoms with van der Waals surface area (Å²) in [6.07, 6.45) is -7.34. The maximum absolute atomic E-state index is 12.8. The number of hydrogen-bond acceptors (Lipinski definition) is 10. The van der Waals surface area contributed by atoms with Gasteiger partial charge in [0, 0.05) is 10.9 Å². The van der Waals surface area contributed by atoms with Gasteiger partial charge >= 0.3 is 16.3 Å². The number of rotatable bonds is 12. The van der Waals surface area contributed by atoms with E-state index >= 15 is 0 Å². The number of hydrogen-bond donors (Lipinski definition) is 4. The van der Waals surface area contributed by atoms with E-state index in [0.717, 1.165) is 10.0 Å². The summed E-state index contributed by atoms with van der Waals surface area (Å²) in [5.41, 5.74) is 6.63. The van der Waals surface area contributed by atoms with Gasteiger partial charge in [0.05, 0.1) is 25.2 Å². The Hall–Kier alpha value is -1.45. The fraction of sp³-hybridized carbons (Fsp3) is 0.619. The molecule has 6 N–H and O–H groups in total. The Bertz CT molecular complexity index is 942. The number of Topliss-reactive ketones (excluding diaryl/α,β-unsaturated/α-hetero) is 1. The fourth-order valence-electron chi connectivity index (χ4n) is 3.62. The lowest BCUT2D eigenvalue weighted by molar-refractivity contribution is -0.144. The molecule has 192 valence electrons. The van der Waals surface area contributed by atoms with Crippen molar-refractivity contribution >= 4 is 38.0 Å². The van der Waals surface area contributed by atoms with Crippen LogP contribution in [0.3, 0.4) is 0 Å².